The monoisotopic (exact) mass is 332 g/mol. The second kappa shape index (κ2) is 5.70. The molecule has 3 rings (SSSR count). The van der Waals surface area contributed by atoms with E-state index in [2.05, 4.69) is 5.10 Å². The van der Waals surface area contributed by atoms with E-state index in [0.717, 1.165) is 10.2 Å². The van der Waals surface area contributed by atoms with Crippen molar-refractivity contribution in [1.82, 2.24) is 14.7 Å². The molecule has 0 unspecified atom stereocenters. The normalized spacial score (nSPS) is 14.4. The van der Waals surface area contributed by atoms with E-state index < -0.39 is 17.6 Å². The summed E-state index contributed by atoms with van der Waals surface area (Å²) < 4.78 is 11.6. The molecule has 0 atom stereocenters. The minimum Gasteiger partial charge on any atom is -0.459 e. The van der Waals surface area contributed by atoms with Crippen molar-refractivity contribution in [1.29, 1.82) is 0 Å². The number of hydrogen-bond donors (Lipinski definition) is 1. The van der Waals surface area contributed by atoms with E-state index in [1.807, 2.05) is 20.8 Å². The Morgan fingerprint density at radius 3 is 2.75 bits per heavy atom. The van der Waals surface area contributed by atoms with Crippen molar-refractivity contribution in [3.8, 4) is 0 Å². The molecule has 2 aromatic heterocycles. The summed E-state index contributed by atoms with van der Waals surface area (Å²) in [6.07, 6.45) is 1.53. The molecule has 1 amide bonds. The minimum atomic E-state index is -0.564. The van der Waals surface area contributed by atoms with Crippen LogP contribution >= 0.6 is 0 Å². The smallest absolute Gasteiger partial charge is 0.410 e. The first-order valence-electron chi connectivity index (χ1n) is 7.68. The summed E-state index contributed by atoms with van der Waals surface area (Å²) in [5, 5.41) is 4.27. The van der Waals surface area contributed by atoms with Crippen LogP contribution in [0, 0.1) is 0 Å². The Labute approximate surface area is 139 Å². The van der Waals surface area contributed by atoms with Gasteiger partial charge in [-0.25, -0.2) is 4.79 Å². The van der Waals surface area contributed by atoms with Crippen LogP contribution in [0.15, 0.2) is 22.8 Å². The van der Waals surface area contributed by atoms with Crippen LogP contribution in [0.1, 0.15) is 42.6 Å². The molecule has 2 aromatic rings. The van der Waals surface area contributed by atoms with Crippen LogP contribution in [0.2, 0.25) is 0 Å². The summed E-state index contributed by atoms with van der Waals surface area (Å²) in [5.41, 5.74) is 6.88. The number of nitrogen functional groups attached to an aromatic ring is 1. The lowest BCUT2D eigenvalue weighted by Crippen LogP contribution is -2.39. The molecule has 8 nitrogen and oxygen atoms in total. The highest BCUT2D eigenvalue weighted by Crippen LogP contribution is 2.25. The predicted octanol–water partition coefficient (Wildman–Crippen LogP) is 2.04. The third-order valence-electron chi connectivity index (χ3n) is 3.65. The Kier molecular flexibility index (Phi) is 3.82. The third kappa shape index (κ3) is 2.99. The maximum Gasteiger partial charge on any atom is 0.410 e. The Bertz CT molecular complexity index is 771. The van der Waals surface area contributed by atoms with Gasteiger partial charge in [0.25, 0.3) is 0 Å². The average molecular weight is 332 g/mol. The Balaban J connectivity index is 1.82. The number of carbonyl (C=O) groups is 2. The first-order chi connectivity index (χ1) is 11.3. The number of nitrogens with two attached hydrogens (primary N) is 1. The number of anilines is 1. The molecule has 1 aliphatic rings. The molecule has 2 N–H and O–H groups in total. The van der Waals surface area contributed by atoms with Crippen LogP contribution in [0.25, 0.3) is 0 Å². The number of ether oxygens (including phenoxy) is 1. The third-order valence-corrected chi connectivity index (χ3v) is 3.65. The lowest BCUT2D eigenvalue weighted by Gasteiger charge is -2.29. The molecular weight excluding hydrogens is 312 g/mol. The van der Waals surface area contributed by atoms with Crippen molar-refractivity contribution in [3.63, 3.8) is 0 Å². The SMILES string of the molecule is CC(C)(C)OC(=O)N1CCc2c(nn(C(=O)c3ccco3)c2N)C1. The summed E-state index contributed by atoms with van der Waals surface area (Å²) >= 11 is 0. The van der Waals surface area contributed by atoms with Crippen molar-refractivity contribution >= 4 is 17.8 Å². The van der Waals surface area contributed by atoms with Crippen LogP contribution in [0.3, 0.4) is 0 Å². The van der Waals surface area contributed by atoms with Crippen LogP contribution in [0.4, 0.5) is 10.6 Å². The van der Waals surface area contributed by atoms with E-state index in [9.17, 15) is 9.59 Å². The molecule has 0 fully saturated rings. The molecule has 0 aromatic carbocycles. The van der Waals surface area contributed by atoms with Gasteiger partial charge in [-0.3, -0.25) is 4.79 Å². The first-order valence-corrected chi connectivity index (χ1v) is 7.68. The number of fused-ring (bicyclic) bond motifs is 1. The van der Waals surface area contributed by atoms with Gasteiger partial charge in [0, 0.05) is 12.1 Å². The minimum absolute atomic E-state index is 0.158. The zero-order valence-electron chi connectivity index (χ0n) is 13.9. The Morgan fingerprint density at radius 1 is 1.38 bits per heavy atom. The predicted molar refractivity (Wildman–Crippen MR) is 85.4 cm³/mol. The number of carbonyl (C=O) groups excluding carboxylic acids is 2. The molecule has 0 saturated heterocycles. The van der Waals surface area contributed by atoms with Gasteiger partial charge in [-0.1, -0.05) is 0 Å². The number of aromatic nitrogens is 2. The van der Waals surface area contributed by atoms with E-state index in [4.69, 9.17) is 14.9 Å². The highest BCUT2D eigenvalue weighted by atomic mass is 16.6. The van der Waals surface area contributed by atoms with Crippen molar-refractivity contribution in [2.24, 2.45) is 0 Å². The zero-order chi connectivity index (χ0) is 17.5. The summed E-state index contributed by atoms with van der Waals surface area (Å²) in [6, 6.07) is 3.17. The van der Waals surface area contributed by atoms with Crippen LogP contribution in [-0.4, -0.2) is 38.8 Å². The number of nitrogens with zero attached hydrogens (tertiary/aromatic N) is 3. The summed E-state index contributed by atoms with van der Waals surface area (Å²) in [6.45, 7) is 6.17. The second-order valence-corrected chi connectivity index (χ2v) is 6.66. The van der Waals surface area contributed by atoms with Crippen LogP contribution in [0.5, 0.6) is 0 Å². The van der Waals surface area contributed by atoms with Crippen molar-refractivity contribution < 1.29 is 18.7 Å². The zero-order valence-corrected chi connectivity index (χ0v) is 13.9. The standard InChI is InChI=1S/C16H20N4O4/c1-16(2,3)24-15(22)19-7-6-10-11(9-19)18-20(13(10)17)14(21)12-5-4-8-23-12/h4-5,8H,6-7,9,17H2,1-3H3. The van der Waals surface area contributed by atoms with Gasteiger partial charge in [0.15, 0.2) is 5.76 Å². The van der Waals surface area contributed by atoms with Gasteiger partial charge < -0.3 is 19.8 Å². The molecule has 3 heterocycles. The van der Waals surface area contributed by atoms with Crippen LogP contribution < -0.4 is 5.73 Å². The number of rotatable bonds is 1. The van der Waals surface area contributed by atoms with E-state index >= 15 is 0 Å². The van der Waals surface area contributed by atoms with Gasteiger partial charge in [-0.2, -0.15) is 9.78 Å². The fourth-order valence-corrected chi connectivity index (χ4v) is 2.56. The van der Waals surface area contributed by atoms with Gasteiger partial charge in [-0.15, -0.1) is 0 Å². The van der Waals surface area contributed by atoms with Crippen molar-refractivity contribution in [2.45, 2.75) is 39.3 Å². The summed E-state index contributed by atoms with van der Waals surface area (Å²) in [5.74, 6) is 0.0107. The molecule has 0 spiro atoms. The van der Waals surface area contributed by atoms with Crippen molar-refractivity contribution in [3.05, 3.63) is 35.4 Å². The molecule has 128 valence electrons. The maximum absolute atomic E-state index is 12.4. The van der Waals surface area contributed by atoms with Gasteiger partial charge in [0.1, 0.15) is 11.4 Å². The van der Waals surface area contributed by atoms with Gasteiger partial charge in [0.2, 0.25) is 0 Å². The number of hydrogen-bond acceptors (Lipinski definition) is 6. The topological polar surface area (TPSA) is 104 Å². The lowest BCUT2D eigenvalue weighted by molar-refractivity contribution is 0.0221. The van der Waals surface area contributed by atoms with Crippen molar-refractivity contribution in [2.75, 3.05) is 12.3 Å². The van der Waals surface area contributed by atoms with E-state index in [0.29, 0.717) is 18.7 Å². The number of amides is 1. The van der Waals surface area contributed by atoms with Gasteiger partial charge in [0.05, 0.1) is 18.5 Å². The summed E-state index contributed by atoms with van der Waals surface area (Å²) in [7, 11) is 0. The molecule has 24 heavy (non-hydrogen) atoms. The average Bonchev–Trinajstić information content (AvgIpc) is 3.13. The lowest BCUT2D eigenvalue weighted by atomic mass is 10.1. The maximum atomic E-state index is 12.4. The Hall–Kier alpha value is -2.77. The highest BCUT2D eigenvalue weighted by Gasteiger charge is 2.30. The quantitative estimate of drug-likeness (QED) is 0.857. The van der Waals surface area contributed by atoms with E-state index in [-0.39, 0.29) is 18.1 Å². The highest BCUT2D eigenvalue weighted by molar-refractivity contribution is 5.94. The van der Waals surface area contributed by atoms with E-state index in [1.165, 1.54) is 6.26 Å². The number of furan rings is 1. The van der Waals surface area contributed by atoms with Gasteiger partial charge >= 0.3 is 12.0 Å². The molecule has 0 saturated carbocycles. The largest absolute Gasteiger partial charge is 0.459 e. The molecular formula is C16H20N4O4. The molecule has 1 aliphatic heterocycles. The fraction of sp³-hybridized carbons (Fsp3) is 0.438. The molecule has 8 heteroatoms. The Morgan fingerprint density at radius 2 is 2.12 bits per heavy atom. The first kappa shape index (κ1) is 16.1. The second-order valence-electron chi connectivity index (χ2n) is 6.66. The molecule has 0 bridgehead atoms. The van der Waals surface area contributed by atoms with Crippen LogP contribution in [-0.2, 0) is 17.7 Å². The fourth-order valence-electron chi connectivity index (χ4n) is 2.56. The molecule has 0 radical (unpaired) electrons. The molecule has 0 aliphatic carbocycles. The van der Waals surface area contributed by atoms with E-state index in [1.54, 1.807) is 17.0 Å². The van der Waals surface area contributed by atoms with Gasteiger partial charge in [-0.05, 0) is 39.3 Å². The summed E-state index contributed by atoms with van der Waals surface area (Å²) in [4.78, 5) is 26.1.